The molecule has 0 heterocycles. The SMILES string of the molecule is Cc1ccc(NC(=O)CSc2ccc(Cl)c(C(F)(F)F)c2)c(C)c1. The minimum absolute atomic E-state index is 0.00620. The predicted octanol–water partition coefficient (Wildman–Crippen LogP) is 5.71. The highest BCUT2D eigenvalue weighted by atomic mass is 35.5. The van der Waals surface area contributed by atoms with E-state index < -0.39 is 11.7 Å². The molecule has 0 fully saturated rings. The number of carbonyl (C=O) groups is 1. The van der Waals surface area contributed by atoms with Gasteiger partial charge in [-0.15, -0.1) is 11.8 Å². The summed E-state index contributed by atoms with van der Waals surface area (Å²) in [6.07, 6.45) is -4.52. The summed E-state index contributed by atoms with van der Waals surface area (Å²) >= 11 is 6.60. The molecule has 2 nitrogen and oxygen atoms in total. The fourth-order valence-corrected chi connectivity index (χ4v) is 3.06. The summed E-state index contributed by atoms with van der Waals surface area (Å²) in [5.41, 5.74) is 1.81. The Bertz CT molecular complexity index is 762. The Balaban J connectivity index is 2.01. The van der Waals surface area contributed by atoms with E-state index in [1.807, 2.05) is 26.0 Å². The van der Waals surface area contributed by atoms with Crippen LogP contribution in [-0.4, -0.2) is 11.7 Å². The van der Waals surface area contributed by atoms with E-state index >= 15 is 0 Å². The Kier molecular flexibility index (Phi) is 5.83. The van der Waals surface area contributed by atoms with Gasteiger partial charge in [0.2, 0.25) is 5.91 Å². The van der Waals surface area contributed by atoms with Crippen molar-refractivity contribution in [3.05, 3.63) is 58.1 Å². The molecule has 0 saturated heterocycles. The first-order chi connectivity index (χ1) is 11.2. The van der Waals surface area contributed by atoms with Crippen LogP contribution in [0.25, 0.3) is 0 Å². The van der Waals surface area contributed by atoms with Crippen molar-refractivity contribution in [2.45, 2.75) is 24.9 Å². The van der Waals surface area contributed by atoms with Gasteiger partial charge in [0.15, 0.2) is 0 Å². The summed E-state index contributed by atoms with van der Waals surface area (Å²) in [6, 6.07) is 9.23. The summed E-state index contributed by atoms with van der Waals surface area (Å²) in [5, 5.41) is 2.40. The summed E-state index contributed by atoms with van der Waals surface area (Å²) < 4.78 is 38.5. The smallest absolute Gasteiger partial charge is 0.325 e. The minimum Gasteiger partial charge on any atom is -0.325 e. The monoisotopic (exact) mass is 373 g/mol. The number of rotatable bonds is 4. The Hall–Kier alpha value is -1.66. The van der Waals surface area contributed by atoms with Crippen molar-refractivity contribution in [3.63, 3.8) is 0 Å². The second-order valence-electron chi connectivity index (χ2n) is 5.29. The number of benzene rings is 2. The second kappa shape index (κ2) is 7.49. The summed E-state index contributed by atoms with van der Waals surface area (Å²) in [6.45, 7) is 3.83. The van der Waals surface area contributed by atoms with Gasteiger partial charge < -0.3 is 5.32 Å². The lowest BCUT2D eigenvalue weighted by atomic mass is 10.1. The maximum Gasteiger partial charge on any atom is 0.417 e. The maximum atomic E-state index is 12.8. The number of carbonyl (C=O) groups excluding carboxylic acids is 1. The molecule has 0 atom stereocenters. The molecule has 0 aliphatic heterocycles. The molecule has 0 unspecified atom stereocenters. The topological polar surface area (TPSA) is 29.1 Å². The molecular formula is C17H15ClF3NOS. The normalized spacial score (nSPS) is 11.4. The van der Waals surface area contributed by atoms with Crippen LogP contribution in [0.1, 0.15) is 16.7 Å². The molecule has 2 aromatic rings. The molecule has 0 aliphatic carbocycles. The van der Waals surface area contributed by atoms with Crippen LogP contribution < -0.4 is 5.32 Å². The number of hydrogen-bond donors (Lipinski definition) is 1. The molecule has 2 aromatic carbocycles. The molecular weight excluding hydrogens is 359 g/mol. The van der Waals surface area contributed by atoms with Gasteiger partial charge >= 0.3 is 6.18 Å². The van der Waals surface area contributed by atoms with Crippen LogP contribution in [0.4, 0.5) is 18.9 Å². The highest BCUT2D eigenvalue weighted by molar-refractivity contribution is 8.00. The molecule has 128 valence electrons. The lowest BCUT2D eigenvalue weighted by Gasteiger charge is -2.11. The van der Waals surface area contributed by atoms with Crippen molar-refractivity contribution in [1.29, 1.82) is 0 Å². The third-order valence-electron chi connectivity index (χ3n) is 3.27. The zero-order valence-corrected chi connectivity index (χ0v) is 14.6. The van der Waals surface area contributed by atoms with Gasteiger partial charge in [-0.1, -0.05) is 29.3 Å². The van der Waals surface area contributed by atoms with E-state index in [0.29, 0.717) is 10.6 Å². The van der Waals surface area contributed by atoms with E-state index in [9.17, 15) is 18.0 Å². The largest absolute Gasteiger partial charge is 0.417 e. The average molecular weight is 374 g/mol. The second-order valence-corrected chi connectivity index (χ2v) is 6.75. The van der Waals surface area contributed by atoms with Crippen LogP contribution >= 0.6 is 23.4 Å². The van der Waals surface area contributed by atoms with E-state index in [4.69, 9.17) is 11.6 Å². The van der Waals surface area contributed by atoms with E-state index in [-0.39, 0.29) is 16.7 Å². The first kappa shape index (κ1) is 18.7. The van der Waals surface area contributed by atoms with Crippen LogP contribution in [0.15, 0.2) is 41.3 Å². The van der Waals surface area contributed by atoms with Gasteiger partial charge in [0.1, 0.15) is 0 Å². The standard InChI is InChI=1S/C17H15ClF3NOS/c1-10-3-6-15(11(2)7-10)22-16(23)9-24-12-4-5-14(18)13(8-12)17(19,20)21/h3-8H,9H2,1-2H3,(H,22,23). The van der Waals surface area contributed by atoms with Crippen LogP contribution in [0.5, 0.6) is 0 Å². The molecule has 24 heavy (non-hydrogen) atoms. The zero-order valence-electron chi connectivity index (χ0n) is 13.0. The first-order valence-corrected chi connectivity index (χ1v) is 8.40. The van der Waals surface area contributed by atoms with Gasteiger partial charge in [0, 0.05) is 10.6 Å². The number of nitrogens with one attached hydrogen (secondary N) is 1. The molecule has 0 radical (unpaired) electrons. The minimum atomic E-state index is -4.52. The number of thioether (sulfide) groups is 1. The summed E-state index contributed by atoms with van der Waals surface area (Å²) in [5.74, 6) is -0.276. The van der Waals surface area contributed by atoms with Crippen molar-refractivity contribution < 1.29 is 18.0 Å². The highest BCUT2D eigenvalue weighted by Gasteiger charge is 2.33. The van der Waals surface area contributed by atoms with Gasteiger partial charge in [-0.3, -0.25) is 4.79 Å². The Labute approximate surface area is 147 Å². The maximum absolute atomic E-state index is 12.8. The predicted molar refractivity (Wildman–Crippen MR) is 91.7 cm³/mol. The van der Waals surface area contributed by atoms with Crippen molar-refractivity contribution >= 4 is 35.0 Å². The lowest BCUT2D eigenvalue weighted by Crippen LogP contribution is -2.15. The fourth-order valence-electron chi connectivity index (χ4n) is 2.10. The van der Waals surface area contributed by atoms with Gasteiger partial charge in [-0.05, 0) is 43.7 Å². The van der Waals surface area contributed by atoms with Gasteiger partial charge in [0.05, 0.1) is 16.3 Å². The molecule has 0 bridgehead atoms. The molecule has 0 saturated carbocycles. The number of aryl methyl sites for hydroxylation is 2. The number of amides is 1. The first-order valence-electron chi connectivity index (χ1n) is 7.03. The van der Waals surface area contributed by atoms with E-state index in [0.717, 1.165) is 29.0 Å². The van der Waals surface area contributed by atoms with Crippen molar-refractivity contribution in [2.24, 2.45) is 0 Å². The van der Waals surface area contributed by atoms with Crippen molar-refractivity contribution in [2.75, 3.05) is 11.1 Å². The third kappa shape index (κ3) is 4.92. The Morgan fingerprint density at radius 1 is 1.17 bits per heavy atom. The molecule has 1 amide bonds. The Morgan fingerprint density at radius 2 is 1.88 bits per heavy atom. The molecule has 1 N–H and O–H groups in total. The fraction of sp³-hybridized carbons (Fsp3) is 0.235. The molecule has 0 spiro atoms. The van der Waals surface area contributed by atoms with Crippen LogP contribution in [0.2, 0.25) is 5.02 Å². The highest BCUT2D eigenvalue weighted by Crippen LogP contribution is 2.37. The quantitative estimate of drug-likeness (QED) is 0.696. The van der Waals surface area contributed by atoms with Crippen LogP contribution in [-0.2, 0) is 11.0 Å². The molecule has 0 aromatic heterocycles. The number of hydrogen-bond acceptors (Lipinski definition) is 2. The van der Waals surface area contributed by atoms with Crippen molar-refractivity contribution in [3.8, 4) is 0 Å². The summed E-state index contributed by atoms with van der Waals surface area (Å²) in [4.78, 5) is 12.3. The molecule has 2 rings (SSSR count). The molecule has 7 heteroatoms. The van der Waals surface area contributed by atoms with E-state index in [2.05, 4.69) is 5.32 Å². The van der Waals surface area contributed by atoms with Crippen molar-refractivity contribution in [1.82, 2.24) is 0 Å². The van der Waals surface area contributed by atoms with Crippen LogP contribution in [0.3, 0.4) is 0 Å². The van der Waals surface area contributed by atoms with E-state index in [1.165, 1.54) is 12.1 Å². The lowest BCUT2D eigenvalue weighted by molar-refractivity contribution is -0.137. The van der Waals surface area contributed by atoms with Gasteiger partial charge in [-0.2, -0.15) is 13.2 Å². The van der Waals surface area contributed by atoms with Gasteiger partial charge in [0.25, 0.3) is 0 Å². The number of halogens is 4. The average Bonchev–Trinajstić information content (AvgIpc) is 2.48. The number of anilines is 1. The number of alkyl halides is 3. The summed E-state index contributed by atoms with van der Waals surface area (Å²) in [7, 11) is 0. The Morgan fingerprint density at radius 3 is 2.50 bits per heavy atom. The molecule has 0 aliphatic rings. The third-order valence-corrected chi connectivity index (χ3v) is 4.59. The van der Waals surface area contributed by atoms with E-state index in [1.54, 1.807) is 6.07 Å². The van der Waals surface area contributed by atoms with Crippen LogP contribution in [0, 0.1) is 13.8 Å². The van der Waals surface area contributed by atoms with Gasteiger partial charge in [-0.25, -0.2) is 0 Å². The zero-order chi connectivity index (χ0) is 17.9.